The zero-order chi connectivity index (χ0) is 14.3. The van der Waals surface area contributed by atoms with E-state index in [-0.39, 0.29) is 5.41 Å². The van der Waals surface area contributed by atoms with Crippen LogP contribution >= 0.6 is 0 Å². The van der Waals surface area contributed by atoms with E-state index in [0.717, 1.165) is 25.2 Å². The van der Waals surface area contributed by atoms with Gasteiger partial charge in [-0.2, -0.15) is 0 Å². The van der Waals surface area contributed by atoms with Crippen LogP contribution in [0.5, 0.6) is 0 Å². The number of benzene rings is 1. The van der Waals surface area contributed by atoms with Crippen molar-refractivity contribution in [3.63, 3.8) is 0 Å². The van der Waals surface area contributed by atoms with Crippen molar-refractivity contribution in [2.75, 3.05) is 19.6 Å². The van der Waals surface area contributed by atoms with Gasteiger partial charge in [0, 0.05) is 12.0 Å². The van der Waals surface area contributed by atoms with E-state index in [4.69, 9.17) is 0 Å². The Morgan fingerprint density at radius 1 is 1.16 bits per heavy atom. The molecule has 0 saturated heterocycles. The van der Waals surface area contributed by atoms with Gasteiger partial charge in [0.25, 0.3) is 0 Å². The molecule has 1 N–H and O–H groups in total. The van der Waals surface area contributed by atoms with E-state index in [1.807, 2.05) is 30.3 Å². The molecule has 0 aliphatic heterocycles. The molecule has 0 heterocycles. The van der Waals surface area contributed by atoms with Gasteiger partial charge in [0.1, 0.15) is 0 Å². The van der Waals surface area contributed by atoms with E-state index >= 15 is 0 Å². The number of hydrogen-bond acceptors (Lipinski definition) is 2. The second kappa shape index (κ2) is 7.66. The van der Waals surface area contributed by atoms with Gasteiger partial charge in [-0.15, -0.1) is 0 Å². The molecular weight excluding hydrogens is 234 g/mol. The summed E-state index contributed by atoms with van der Waals surface area (Å²) in [5.41, 5.74) is 0.879. The van der Waals surface area contributed by atoms with Crippen LogP contribution in [0.2, 0.25) is 0 Å². The largest absolute Gasteiger partial charge is 0.388 e. The molecule has 0 spiro atoms. The van der Waals surface area contributed by atoms with E-state index in [1.165, 1.54) is 12.8 Å². The van der Waals surface area contributed by atoms with Gasteiger partial charge in [-0.3, -0.25) is 0 Å². The zero-order valence-corrected chi connectivity index (χ0v) is 12.9. The Morgan fingerprint density at radius 2 is 1.79 bits per heavy atom. The van der Waals surface area contributed by atoms with Crippen LogP contribution in [0.15, 0.2) is 30.3 Å². The highest BCUT2D eigenvalue weighted by Crippen LogP contribution is 2.34. The van der Waals surface area contributed by atoms with Gasteiger partial charge < -0.3 is 10.0 Å². The fourth-order valence-corrected chi connectivity index (χ4v) is 2.48. The number of aliphatic hydroxyl groups is 1. The highest BCUT2D eigenvalue weighted by Gasteiger charge is 2.30. The highest BCUT2D eigenvalue weighted by molar-refractivity contribution is 5.19. The van der Waals surface area contributed by atoms with E-state index in [0.29, 0.717) is 0 Å². The second-order valence-corrected chi connectivity index (χ2v) is 6.02. The Balaban J connectivity index is 2.68. The van der Waals surface area contributed by atoms with Crippen molar-refractivity contribution in [2.24, 2.45) is 5.41 Å². The molecular formula is C17H29NO. The van der Waals surface area contributed by atoms with Gasteiger partial charge in [0.2, 0.25) is 0 Å². The maximum atomic E-state index is 10.6. The zero-order valence-electron chi connectivity index (χ0n) is 12.9. The number of aliphatic hydroxyl groups excluding tert-OH is 1. The van der Waals surface area contributed by atoms with Crippen molar-refractivity contribution in [2.45, 2.75) is 46.6 Å². The lowest BCUT2D eigenvalue weighted by atomic mass is 9.82. The van der Waals surface area contributed by atoms with Crippen LogP contribution < -0.4 is 0 Å². The SMILES string of the molecule is CCCCN(CC)CC(C)(C)C(O)c1ccccc1. The first-order chi connectivity index (χ1) is 9.01. The quantitative estimate of drug-likeness (QED) is 0.769. The molecule has 0 aromatic heterocycles. The van der Waals surface area contributed by atoms with Crippen molar-refractivity contribution >= 4 is 0 Å². The summed E-state index contributed by atoms with van der Waals surface area (Å²) in [6.45, 7) is 11.8. The summed E-state index contributed by atoms with van der Waals surface area (Å²) < 4.78 is 0. The van der Waals surface area contributed by atoms with E-state index in [1.54, 1.807) is 0 Å². The maximum Gasteiger partial charge on any atom is 0.0853 e. The van der Waals surface area contributed by atoms with Crippen LogP contribution in [0, 0.1) is 5.41 Å². The summed E-state index contributed by atoms with van der Waals surface area (Å²) in [5, 5.41) is 10.6. The lowest BCUT2D eigenvalue weighted by Crippen LogP contribution is -2.38. The minimum Gasteiger partial charge on any atom is -0.388 e. The second-order valence-electron chi connectivity index (χ2n) is 6.02. The van der Waals surface area contributed by atoms with Gasteiger partial charge in [0.05, 0.1) is 6.10 Å². The number of rotatable bonds is 8. The number of hydrogen-bond donors (Lipinski definition) is 1. The first-order valence-electron chi connectivity index (χ1n) is 7.46. The molecule has 0 bridgehead atoms. The van der Waals surface area contributed by atoms with Gasteiger partial charge in [-0.05, 0) is 25.1 Å². The molecule has 1 aromatic carbocycles. The average Bonchev–Trinajstić information content (AvgIpc) is 2.43. The van der Waals surface area contributed by atoms with Crippen molar-refractivity contribution in [3.8, 4) is 0 Å². The van der Waals surface area contributed by atoms with Gasteiger partial charge in [-0.1, -0.05) is 64.4 Å². The van der Waals surface area contributed by atoms with Crippen molar-refractivity contribution in [1.82, 2.24) is 4.90 Å². The van der Waals surface area contributed by atoms with Gasteiger partial charge in [-0.25, -0.2) is 0 Å². The van der Waals surface area contributed by atoms with E-state index in [2.05, 4.69) is 32.6 Å². The normalized spacial score (nSPS) is 13.8. The molecule has 0 radical (unpaired) electrons. The van der Waals surface area contributed by atoms with Crippen LogP contribution in [0.4, 0.5) is 0 Å². The lowest BCUT2D eigenvalue weighted by Gasteiger charge is -2.36. The molecule has 108 valence electrons. The Bertz CT molecular complexity index is 348. The van der Waals surface area contributed by atoms with Crippen LogP contribution in [0.1, 0.15) is 52.2 Å². The summed E-state index contributed by atoms with van der Waals surface area (Å²) in [6, 6.07) is 9.99. The number of nitrogens with zero attached hydrogens (tertiary/aromatic N) is 1. The lowest BCUT2D eigenvalue weighted by molar-refractivity contribution is 0.0210. The summed E-state index contributed by atoms with van der Waals surface area (Å²) in [4.78, 5) is 2.44. The maximum absolute atomic E-state index is 10.6. The van der Waals surface area contributed by atoms with Gasteiger partial charge >= 0.3 is 0 Å². The molecule has 1 rings (SSSR count). The number of unbranched alkanes of at least 4 members (excludes halogenated alkanes) is 1. The molecule has 0 amide bonds. The summed E-state index contributed by atoms with van der Waals surface area (Å²) in [7, 11) is 0. The van der Waals surface area contributed by atoms with Crippen LogP contribution in [-0.4, -0.2) is 29.6 Å². The fourth-order valence-electron chi connectivity index (χ4n) is 2.48. The third-order valence-electron chi connectivity index (χ3n) is 3.76. The summed E-state index contributed by atoms with van der Waals surface area (Å²) in [6.07, 6.45) is 2.04. The van der Waals surface area contributed by atoms with Crippen molar-refractivity contribution in [1.29, 1.82) is 0 Å². The van der Waals surface area contributed by atoms with Crippen LogP contribution in [-0.2, 0) is 0 Å². The molecule has 1 unspecified atom stereocenters. The average molecular weight is 263 g/mol. The monoisotopic (exact) mass is 263 g/mol. The van der Waals surface area contributed by atoms with Crippen LogP contribution in [0.3, 0.4) is 0 Å². The minimum atomic E-state index is -0.413. The Morgan fingerprint density at radius 3 is 2.32 bits per heavy atom. The van der Waals surface area contributed by atoms with Crippen molar-refractivity contribution in [3.05, 3.63) is 35.9 Å². The highest BCUT2D eigenvalue weighted by atomic mass is 16.3. The molecule has 0 fully saturated rings. The molecule has 19 heavy (non-hydrogen) atoms. The molecule has 0 aliphatic carbocycles. The van der Waals surface area contributed by atoms with E-state index in [9.17, 15) is 5.11 Å². The molecule has 0 aliphatic rings. The molecule has 1 aromatic rings. The Labute approximate surface area is 118 Å². The summed E-state index contributed by atoms with van der Waals surface area (Å²) >= 11 is 0. The summed E-state index contributed by atoms with van der Waals surface area (Å²) in [5.74, 6) is 0. The van der Waals surface area contributed by atoms with E-state index < -0.39 is 6.10 Å². The van der Waals surface area contributed by atoms with Crippen LogP contribution in [0.25, 0.3) is 0 Å². The molecule has 0 saturated carbocycles. The van der Waals surface area contributed by atoms with Gasteiger partial charge in [0.15, 0.2) is 0 Å². The Hall–Kier alpha value is -0.860. The molecule has 2 nitrogen and oxygen atoms in total. The Kier molecular flexibility index (Phi) is 6.53. The predicted octanol–water partition coefficient (Wildman–Crippen LogP) is 3.87. The van der Waals surface area contributed by atoms with Crippen molar-refractivity contribution < 1.29 is 5.11 Å². The third kappa shape index (κ3) is 4.96. The smallest absolute Gasteiger partial charge is 0.0853 e. The molecule has 1 atom stereocenters. The topological polar surface area (TPSA) is 23.5 Å². The standard InChI is InChI=1S/C17H29NO/c1-5-7-13-18(6-2)14-17(3,4)16(19)15-11-9-8-10-12-15/h8-12,16,19H,5-7,13-14H2,1-4H3. The molecule has 2 heteroatoms. The fraction of sp³-hybridized carbons (Fsp3) is 0.647. The predicted molar refractivity (Wildman–Crippen MR) is 82.2 cm³/mol. The first-order valence-corrected chi connectivity index (χ1v) is 7.46. The first kappa shape index (κ1) is 16.2. The third-order valence-corrected chi connectivity index (χ3v) is 3.76. The minimum absolute atomic E-state index is 0.134.